The number of oxazole rings is 1. The maximum atomic E-state index is 11.8. The fourth-order valence-electron chi connectivity index (χ4n) is 1.91. The second-order valence-electron chi connectivity index (χ2n) is 4.68. The van der Waals surface area contributed by atoms with Gasteiger partial charge in [0.2, 0.25) is 17.0 Å². The number of aromatic nitrogens is 5. The van der Waals surface area contributed by atoms with Gasteiger partial charge in [0, 0.05) is 7.05 Å². The van der Waals surface area contributed by atoms with E-state index in [4.69, 9.17) is 4.42 Å². The van der Waals surface area contributed by atoms with Gasteiger partial charge in [0.1, 0.15) is 5.52 Å². The number of fused-ring (bicyclic) bond motifs is 1. The van der Waals surface area contributed by atoms with Gasteiger partial charge < -0.3 is 9.73 Å². The highest BCUT2D eigenvalue weighted by Gasteiger charge is 2.10. The van der Waals surface area contributed by atoms with Crippen LogP contribution in [0.25, 0.3) is 11.1 Å². The van der Waals surface area contributed by atoms with Gasteiger partial charge in [-0.05, 0) is 29.0 Å². The molecule has 2 aromatic heterocycles. The second kappa shape index (κ2) is 6.14. The molecule has 0 aliphatic carbocycles. The number of hydrogen-bond acceptors (Lipinski definition) is 7. The molecule has 0 saturated carbocycles. The molecule has 0 radical (unpaired) electrons. The zero-order chi connectivity index (χ0) is 15.5. The molecule has 22 heavy (non-hydrogen) atoms. The third-order valence-electron chi connectivity index (χ3n) is 3.02. The fourth-order valence-corrected chi connectivity index (χ4v) is 2.59. The predicted molar refractivity (Wildman–Crippen MR) is 80.1 cm³/mol. The third kappa shape index (κ3) is 3.08. The number of aryl methyl sites for hydroxylation is 2. The number of tetrazole rings is 1. The molecule has 0 aliphatic heterocycles. The lowest BCUT2D eigenvalue weighted by Gasteiger charge is -2.01. The number of thioether (sulfide) groups is 1. The largest absolute Gasteiger partial charge is 0.439 e. The standard InChI is InChI=1S/C13H14N6O2S/c1-8-4-3-5-9-12(8)15-11(21-9)6-14-10(20)7-22-13-16-17-18-19(13)2/h3-5H,6-7H2,1-2H3,(H,14,20). The molecule has 3 aromatic rings. The van der Waals surface area contributed by atoms with E-state index < -0.39 is 0 Å². The number of nitrogens with one attached hydrogen (secondary N) is 1. The van der Waals surface area contributed by atoms with Gasteiger partial charge in [-0.1, -0.05) is 23.9 Å². The monoisotopic (exact) mass is 318 g/mol. The van der Waals surface area contributed by atoms with Gasteiger partial charge in [-0.25, -0.2) is 9.67 Å². The van der Waals surface area contributed by atoms with E-state index in [0.717, 1.165) is 16.7 Å². The van der Waals surface area contributed by atoms with Crippen LogP contribution in [0.15, 0.2) is 27.8 Å². The zero-order valence-electron chi connectivity index (χ0n) is 12.1. The van der Waals surface area contributed by atoms with Crippen molar-refractivity contribution in [3.8, 4) is 0 Å². The van der Waals surface area contributed by atoms with E-state index in [1.165, 1.54) is 16.4 Å². The van der Waals surface area contributed by atoms with Crippen LogP contribution in [-0.4, -0.2) is 36.9 Å². The summed E-state index contributed by atoms with van der Waals surface area (Å²) in [7, 11) is 1.72. The van der Waals surface area contributed by atoms with Gasteiger partial charge in [0.15, 0.2) is 5.58 Å². The van der Waals surface area contributed by atoms with Crippen molar-refractivity contribution < 1.29 is 9.21 Å². The Balaban J connectivity index is 1.56. The average Bonchev–Trinajstić information content (AvgIpc) is 3.10. The molecule has 8 nitrogen and oxygen atoms in total. The number of carbonyl (C=O) groups is 1. The first kappa shape index (κ1) is 14.5. The summed E-state index contributed by atoms with van der Waals surface area (Å²) in [4.78, 5) is 16.2. The maximum Gasteiger partial charge on any atom is 0.230 e. The van der Waals surface area contributed by atoms with E-state index in [9.17, 15) is 4.79 Å². The van der Waals surface area contributed by atoms with Crippen molar-refractivity contribution in [2.24, 2.45) is 7.05 Å². The third-order valence-corrected chi connectivity index (χ3v) is 4.03. The normalized spacial score (nSPS) is 11.0. The van der Waals surface area contributed by atoms with Crippen LogP contribution in [0.2, 0.25) is 0 Å². The second-order valence-corrected chi connectivity index (χ2v) is 5.62. The summed E-state index contributed by atoms with van der Waals surface area (Å²) in [5.74, 6) is 0.586. The Morgan fingerprint density at radius 3 is 3.05 bits per heavy atom. The highest BCUT2D eigenvalue weighted by molar-refractivity contribution is 7.99. The smallest absolute Gasteiger partial charge is 0.230 e. The lowest BCUT2D eigenvalue weighted by molar-refractivity contribution is -0.118. The number of hydrogen-bond donors (Lipinski definition) is 1. The molecule has 1 N–H and O–H groups in total. The molecule has 0 fully saturated rings. The zero-order valence-corrected chi connectivity index (χ0v) is 12.9. The Labute approximate surface area is 130 Å². The number of para-hydroxylation sites is 1. The highest BCUT2D eigenvalue weighted by Crippen LogP contribution is 2.18. The van der Waals surface area contributed by atoms with Crippen LogP contribution in [0.5, 0.6) is 0 Å². The molecule has 3 rings (SSSR count). The van der Waals surface area contributed by atoms with Crippen molar-refractivity contribution in [3.05, 3.63) is 29.7 Å². The Hall–Kier alpha value is -2.42. The SMILES string of the molecule is Cc1cccc2oc(CNC(=O)CSc3nnnn3C)nc12. The average molecular weight is 318 g/mol. The first-order chi connectivity index (χ1) is 10.6. The van der Waals surface area contributed by atoms with Crippen molar-refractivity contribution >= 4 is 28.8 Å². The van der Waals surface area contributed by atoms with E-state index in [2.05, 4.69) is 25.8 Å². The molecule has 0 bridgehead atoms. The van der Waals surface area contributed by atoms with Crippen LogP contribution in [0, 0.1) is 6.92 Å². The van der Waals surface area contributed by atoms with Gasteiger partial charge in [0.25, 0.3) is 0 Å². The number of benzene rings is 1. The highest BCUT2D eigenvalue weighted by atomic mass is 32.2. The summed E-state index contributed by atoms with van der Waals surface area (Å²) in [6, 6.07) is 5.74. The lowest BCUT2D eigenvalue weighted by Crippen LogP contribution is -2.24. The van der Waals surface area contributed by atoms with E-state index in [0.29, 0.717) is 11.0 Å². The van der Waals surface area contributed by atoms with Crippen LogP contribution in [0.1, 0.15) is 11.5 Å². The Kier molecular flexibility index (Phi) is 4.05. The summed E-state index contributed by atoms with van der Waals surface area (Å²) >= 11 is 1.27. The van der Waals surface area contributed by atoms with Gasteiger partial charge in [-0.15, -0.1) is 5.10 Å². The molecule has 1 amide bonds. The predicted octanol–water partition coefficient (Wildman–Crippen LogP) is 1.07. The van der Waals surface area contributed by atoms with Crippen molar-refractivity contribution in [1.29, 1.82) is 0 Å². The molecule has 0 atom stereocenters. The van der Waals surface area contributed by atoms with Crippen LogP contribution < -0.4 is 5.32 Å². The van der Waals surface area contributed by atoms with Crippen LogP contribution in [0.4, 0.5) is 0 Å². The first-order valence-electron chi connectivity index (χ1n) is 6.60. The minimum atomic E-state index is -0.132. The van der Waals surface area contributed by atoms with Gasteiger partial charge in [-0.3, -0.25) is 4.79 Å². The summed E-state index contributed by atoms with van der Waals surface area (Å²) in [6.07, 6.45) is 0. The summed E-state index contributed by atoms with van der Waals surface area (Å²) in [5, 5.41) is 14.4. The summed E-state index contributed by atoms with van der Waals surface area (Å²) in [6.45, 7) is 2.23. The lowest BCUT2D eigenvalue weighted by atomic mass is 10.2. The van der Waals surface area contributed by atoms with E-state index in [1.807, 2.05) is 25.1 Å². The maximum absolute atomic E-state index is 11.8. The van der Waals surface area contributed by atoms with Crippen molar-refractivity contribution in [1.82, 2.24) is 30.5 Å². The molecule has 0 unspecified atom stereocenters. The van der Waals surface area contributed by atoms with E-state index >= 15 is 0 Å². The van der Waals surface area contributed by atoms with Gasteiger partial charge in [-0.2, -0.15) is 0 Å². The minimum absolute atomic E-state index is 0.132. The number of rotatable bonds is 5. The molecule has 0 spiro atoms. The van der Waals surface area contributed by atoms with Gasteiger partial charge in [0.05, 0.1) is 12.3 Å². The molecule has 0 aliphatic rings. The molecule has 9 heteroatoms. The molecular formula is C13H14N6O2S. The van der Waals surface area contributed by atoms with E-state index in [1.54, 1.807) is 7.05 Å². The van der Waals surface area contributed by atoms with Crippen molar-refractivity contribution in [2.75, 3.05) is 5.75 Å². The fraction of sp³-hybridized carbons (Fsp3) is 0.308. The molecule has 0 saturated heterocycles. The topological polar surface area (TPSA) is 98.7 Å². The Morgan fingerprint density at radius 2 is 2.32 bits per heavy atom. The molecular weight excluding hydrogens is 304 g/mol. The first-order valence-corrected chi connectivity index (χ1v) is 7.59. The van der Waals surface area contributed by atoms with E-state index in [-0.39, 0.29) is 18.2 Å². The Morgan fingerprint density at radius 1 is 1.45 bits per heavy atom. The Bertz CT molecular complexity index is 812. The van der Waals surface area contributed by atoms with Gasteiger partial charge >= 0.3 is 0 Å². The van der Waals surface area contributed by atoms with Crippen LogP contribution in [0.3, 0.4) is 0 Å². The minimum Gasteiger partial charge on any atom is -0.439 e. The summed E-state index contributed by atoms with van der Waals surface area (Å²) in [5.41, 5.74) is 2.60. The molecule has 114 valence electrons. The quantitative estimate of drug-likeness (QED) is 0.702. The number of carbonyl (C=O) groups excluding carboxylic acids is 1. The molecule has 1 aromatic carbocycles. The summed E-state index contributed by atoms with van der Waals surface area (Å²) < 4.78 is 7.12. The number of amides is 1. The molecule has 2 heterocycles. The van der Waals surface area contributed by atoms with Crippen molar-refractivity contribution in [2.45, 2.75) is 18.6 Å². The van der Waals surface area contributed by atoms with Crippen molar-refractivity contribution in [3.63, 3.8) is 0 Å². The number of nitrogens with zero attached hydrogens (tertiary/aromatic N) is 5. The van der Waals surface area contributed by atoms with Crippen LogP contribution >= 0.6 is 11.8 Å². The van der Waals surface area contributed by atoms with Crippen LogP contribution in [-0.2, 0) is 18.4 Å².